The molecule has 0 saturated heterocycles. The number of hydrogen-bond acceptors (Lipinski definition) is 3. The third-order valence-corrected chi connectivity index (χ3v) is 2.19. The minimum absolute atomic E-state index is 0.163. The molecule has 1 heterocycles. The van der Waals surface area contributed by atoms with E-state index in [1.54, 1.807) is 12.1 Å². The van der Waals surface area contributed by atoms with E-state index in [0.29, 0.717) is 10.9 Å². The van der Waals surface area contributed by atoms with Gasteiger partial charge in [0.05, 0.1) is 11.1 Å². The van der Waals surface area contributed by atoms with Gasteiger partial charge in [-0.1, -0.05) is 6.07 Å². The highest BCUT2D eigenvalue weighted by Crippen LogP contribution is 2.14. The van der Waals surface area contributed by atoms with E-state index in [1.165, 1.54) is 18.2 Å². The Morgan fingerprint density at radius 1 is 1.19 bits per heavy atom. The largest absolute Gasteiger partial charge is 0.478 e. The molecular weight excluding hydrogens is 208 g/mol. The Labute approximate surface area is 90.5 Å². The molecule has 0 aliphatic heterocycles. The number of nitrogens with two attached hydrogens (primary N) is 1. The normalized spacial score (nSPS) is 10.2. The van der Waals surface area contributed by atoms with Gasteiger partial charge in [-0.2, -0.15) is 0 Å². The first kappa shape index (κ1) is 10.1. The van der Waals surface area contributed by atoms with E-state index in [0.717, 1.165) is 0 Å². The number of aromatic nitrogens is 1. The molecule has 1 aromatic heterocycles. The van der Waals surface area contributed by atoms with Gasteiger partial charge in [0.1, 0.15) is 5.69 Å². The number of hydrogen-bond donors (Lipinski definition) is 2. The van der Waals surface area contributed by atoms with E-state index < -0.39 is 11.9 Å². The first-order chi connectivity index (χ1) is 7.58. The summed E-state index contributed by atoms with van der Waals surface area (Å²) in [5, 5.41) is 9.45. The molecule has 16 heavy (non-hydrogen) atoms. The molecule has 2 rings (SSSR count). The molecular formula is C11H8N2O3. The maximum absolute atomic E-state index is 10.9. The SMILES string of the molecule is NC(=O)c1ccc2cc(C(=O)O)ccc2n1. The lowest BCUT2D eigenvalue weighted by molar-refractivity contribution is 0.0696. The highest BCUT2D eigenvalue weighted by Gasteiger charge is 2.06. The van der Waals surface area contributed by atoms with E-state index in [-0.39, 0.29) is 11.3 Å². The standard InChI is InChI=1S/C11H8N2O3/c12-10(14)9-4-1-6-5-7(11(15)16)2-3-8(6)13-9/h1-5H,(H2,12,14)(H,15,16). The molecule has 0 bridgehead atoms. The zero-order chi connectivity index (χ0) is 11.7. The number of benzene rings is 1. The second-order valence-corrected chi connectivity index (χ2v) is 3.27. The Bertz CT molecular complexity index is 540. The van der Waals surface area contributed by atoms with Crippen LogP contribution in [0.1, 0.15) is 20.8 Å². The molecule has 5 nitrogen and oxygen atoms in total. The number of rotatable bonds is 2. The molecule has 0 aliphatic rings. The van der Waals surface area contributed by atoms with E-state index in [4.69, 9.17) is 10.8 Å². The van der Waals surface area contributed by atoms with Crippen LogP contribution < -0.4 is 5.73 Å². The minimum atomic E-state index is -0.999. The van der Waals surface area contributed by atoms with Gasteiger partial charge >= 0.3 is 5.97 Å². The molecule has 0 atom stereocenters. The zero-order valence-corrected chi connectivity index (χ0v) is 8.18. The van der Waals surface area contributed by atoms with Crippen LogP contribution in [0.5, 0.6) is 0 Å². The molecule has 0 saturated carbocycles. The summed E-state index contributed by atoms with van der Waals surface area (Å²) in [5.74, 6) is -1.61. The van der Waals surface area contributed by atoms with E-state index >= 15 is 0 Å². The molecule has 0 fully saturated rings. The average Bonchev–Trinajstić information content (AvgIpc) is 2.27. The predicted octanol–water partition coefficient (Wildman–Crippen LogP) is 1.03. The minimum Gasteiger partial charge on any atom is -0.478 e. The number of carboxylic acids is 1. The summed E-state index contributed by atoms with van der Waals surface area (Å²) in [5.41, 5.74) is 5.97. The van der Waals surface area contributed by atoms with Gasteiger partial charge in [-0.05, 0) is 24.3 Å². The predicted molar refractivity (Wildman–Crippen MR) is 57.2 cm³/mol. The number of fused-ring (bicyclic) bond motifs is 1. The van der Waals surface area contributed by atoms with Crippen molar-refractivity contribution in [2.75, 3.05) is 0 Å². The smallest absolute Gasteiger partial charge is 0.335 e. The fourth-order valence-electron chi connectivity index (χ4n) is 1.40. The molecule has 80 valence electrons. The van der Waals surface area contributed by atoms with Crippen molar-refractivity contribution >= 4 is 22.8 Å². The maximum Gasteiger partial charge on any atom is 0.335 e. The van der Waals surface area contributed by atoms with Crippen LogP contribution in [-0.4, -0.2) is 22.0 Å². The number of carbonyl (C=O) groups is 2. The number of primary amides is 1. The van der Waals surface area contributed by atoms with Gasteiger partial charge in [-0.3, -0.25) is 4.79 Å². The quantitative estimate of drug-likeness (QED) is 0.784. The van der Waals surface area contributed by atoms with Gasteiger partial charge in [-0.15, -0.1) is 0 Å². The zero-order valence-electron chi connectivity index (χ0n) is 8.18. The lowest BCUT2D eigenvalue weighted by Gasteiger charge is -2.00. The number of pyridine rings is 1. The molecule has 0 spiro atoms. The molecule has 1 amide bonds. The highest BCUT2D eigenvalue weighted by atomic mass is 16.4. The summed E-state index contributed by atoms with van der Waals surface area (Å²) in [6.07, 6.45) is 0. The van der Waals surface area contributed by atoms with Crippen LogP contribution in [0.2, 0.25) is 0 Å². The van der Waals surface area contributed by atoms with Crippen molar-refractivity contribution in [2.24, 2.45) is 5.73 Å². The van der Waals surface area contributed by atoms with Crippen molar-refractivity contribution in [1.29, 1.82) is 0 Å². The fraction of sp³-hybridized carbons (Fsp3) is 0. The van der Waals surface area contributed by atoms with E-state index in [2.05, 4.69) is 4.98 Å². The van der Waals surface area contributed by atoms with Crippen LogP contribution in [0.25, 0.3) is 10.9 Å². The van der Waals surface area contributed by atoms with Crippen molar-refractivity contribution in [2.45, 2.75) is 0 Å². The monoisotopic (exact) mass is 216 g/mol. The molecule has 2 aromatic rings. The topological polar surface area (TPSA) is 93.3 Å². The molecule has 3 N–H and O–H groups in total. The second kappa shape index (κ2) is 3.62. The Morgan fingerprint density at radius 2 is 1.94 bits per heavy atom. The molecule has 0 unspecified atom stereocenters. The van der Waals surface area contributed by atoms with Crippen LogP contribution in [0.15, 0.2) is 30.3 Å². The van der Waals surface area contributed by atoms with Crippen LogP contribution in [0.3, 0.4) is 0 Å². The summed E-state index contributed by atoms with van der Waals surface area (Å²) < 4.78 is 0. The van der Waals surface area contributed by atoms with Crippen molar-refractivity contribution in [3.05, 3.63) is 41.6 Å². The third kappa shape index (κ3) is 1.70. The number of nitrogens with zero attached hydrogens (tertiary/aromatic N) is 1. The highest BCUT2D eigenvalue weighted by molar-refractivity contribution is 5.96. The van der Waals surface area contributed by atoms with Gasteiger partial charge in [0, 0.05) is 5.39 Å². The number of amides is 1. The first-order valence-electron chi connectivity index (χ1n) is 4.52. The molecule has 0 aliphatic carbocycles. The fourth-order valence-corrected chi connectivity index (χ4v) is 1.40. The van der Waals surface area contributed by atoms with Crippen molar-refractivity contribution < 1.29 is 14.7 Å². The summed E-state index contributed by atoms with van der Waals surface area (Å²) in [7, 11) is 0. The molecule has 5 heteroatoms. The summed E-state index contributed by atoms with van der Waals surface area (Å²) in [4.78, 5) is 25.6. The first-order valence-corrected chi connectivity index (χ1v) is 4.52. The van der Waals surface area contributed by atoms with Gasteiger partial charge in [0.15, 0.2) is 0 Å². The third-order valence-electron chi connectivity index (χ3n) is 2.19. The Balaban J connectivity index is 2.61. The maximum atomic E-state index is 10.9. The lowest BCUT2D eigenvalue weighted by Crippen LogP contribution is -2.12. The van der Waals surface area contributed by atoms with Crippen LogP contribution in [0, 0.1) is 0 Å². The van der Waals surface area contributed by atoms with Crippen molar-refractivity contribution in [1.82, 2.24) is 4.98 Å². The van der Waals surface area contributed by atoms with Crippen molar-refractivity contribution in [3.63, 3.8) is 0 Å². The summed E-state index contributed by atoms with van der Waals surface area (Å²) in [6.45, 7) is 0. The second-order valence-electron chi connectivity index (χ2n) is 3.27. The Kier molecular flexibility index (Phi) is 2.28. The van der Waals surface area contributed by atoms with Crippen molar-refractivity contribution in [3.8, 4) is 0 Å². The average molecular weight is 216 g/mol. The molecule has 1 aromatic carbocycles. The van der Waals surface area contributed by atoms with Crippen LogP contribution in [0.4, 0.5) is 0 Å². The van der Waals surface area contributed by atoms with Gasteiger partial charge in [0.2, 0.25) is 0 Å². The lowest BCUT2D eigenvalue weighted by atomic mass is 10.1. The summed E-state index contributed by atoms with van der Waals surface area (Å²) >= 11 is 0. The van der Waals surface area contributed by atoms with Gasteiger partial charge in [0.25, 0.3) is 5.91 Å². The number of carboxylic acid groups (broad SMARTS) is 1. The summed E-state index contributed by atoms with van der Waals surface area (Å²) in [6, 6.07) is 7.56. The van der Waals surface area contributed by atoms with E-state index in [1.807, 2.05) is 0 Å². The van der Waals surface area contributed by atoms with Gasteiger partial charge in [-0.25, -0.2) is 9.78 Å². The van der Waals surface area contributed by atoms with Gasteiger partial charge < -0.3 is 10.8 Å². The Hall–Kier alpha value is -2.43. The Morgan fingerprint density at radius 3 is 2.56 bits per heavy atom. The van der Waals surface area contributed by atoms with E-state index in [9.17, 15) is 9.59 Å². The molecule has 0 radical (unpaired) electrons. The van der Waals surface area contributed by atoms with Crippen LogP contribution in [-0.2, 0) is 0 Å². The number of aromatic carboxylic acids is 1. The van der Waals surface area contributed by atoms with Crippen LogP contribution >= 0.6 is 0 Å². The number of carbonyl (C=O) groups excluding carboxylic acids is 1.